The Morgan fingerprint density at radius 2 is 2.13 bits per heavy atom. The summed E-state index contributed by atoms with van der Waals surface area (Å²) in [5, 5.41) is 0. The van der Waals surface area contributed by atoms with Crippen LogP contribution in [0.1, 0.15) is 18.1 Å². The molecular formula is C11H12F2O2. The molecule has 0 aliphatic heterocycles. The minimum atomic E-state index is -2.82. The first-order valence-corrected chi connectivity index (χ1v) is 4.53. The fourth-order valence-corrected chi connectivity index (χ4v) is 1.34. The Bertz CT molecular complexity index is 362. The molecule has 15 heavy (non-hydrogen) atoms. The first-order chi connectivity index (χ1) is 6.99. The lowest BCUT2D eigenvalue weighted by molar-refractivity contribution is -0.116. The number of hydrogen-bond donors (Lipinski definition) is 0. The van der Waals surface area contributed by atoms with Gasteiger partial charge in [0.1, 0.15) is 11.5 Å². The number of carbonyl (C=O) groups is 1. The van der Waals surface area contributed by atoms with E-state index in [9.17, 15) is 13.6 Å². The van der Waals surface area contributed by atoms with Gasteiger partial charge in [-0.3, -0.25) is 4.79 Å². The number of rotatable bonds is 4. The minimum absolute atomic E-state index is 0.0388. The Hall–Kier alpha value is -1.45. The topological polar surface area (TPSA) is 26.3 Å². The van der Waals surface area contributed by atoms with Crippen LogP contribution in [0.4, 0.5) is 8.78 Å². The van der Waals surface area contributed by atoms with Gasteiger partial charge in [-0.05, 0) is 31.0 Å². The van der Waals surface area contributed by atoms with Crippen molar-refractivity contribution in [2.45, 2.75) is 26.9 Å². The number of alkyl halides is 2. The van der Waals surface area contributed by atoms with Crippen molar-refractivity contribution in [1.82, 2.24) is 0 Å². The predicted octanol–water partition coefficient (Wildman–Crippen LogP) is 2.73. The zero-order valence-electron chi connectivity index (χ0n) is 8.59. The van der Waals surface area contributed by atoms with Gasteiger partial charge in [-0.1, -0.05) is 12.1 Å². The van der Waals surface area contributed by atoms with Crippen LogP contribution < -0.4 is 4.74 Å². The first-order valence-electron chi connectivity index (χ1n) is 4.53. The highest BCUT2D eigenvalue weighted by Gasteiger charge is 2.08. The fourth-order valence-electron chi connectivity index (χ4n) is 1.34. The standard InChI is InChI=1S/C11H12F2O2/c1-7-5-9(6-8(2)14)3-4-10(7)15-11(12)13/h3-5,11H,6H2,1-2H3. The van der Waals surface area contributed by atoms with Gasteiger partial charge in [0.05, 0.1) is 0 Å². The lowest BCUT2D eigenvalue weighted by atomic mass is 10.1. The molecule has 0 amide bonds. The molecule has 2 nitrogen and oxygen atoms in total. The third-order valence-corrected chi connectivity index (χ3v) is 1.91. The van der Waals surface area contributed by atoms with E-state index in [1.54, 1.807) is 19.1 Å². The predicted molar refractivity (Wildman–Crippen MR) is 52.2 cm³/mol. The van der Waals surface area contributed by atoms with E-state index in [4.69, 9.17) is 0 Å². The van der Waals surface area contributed by atoms with E-state index >= 15 is 0 Å². The molecule has 0 radical (unpaired) electrons. The molecule has 0 aliphatic rings. The van der Waals surface area contributed by atoms with Crippen molar-refractivity contribution >= 4 is 5.78 Å². The van der Waals surface area contributed by atoms with E-state index in [-0.39, 0.29) is 11.5 Å². The molecule has 0 spiro atoms. The zero-order chi connectivity index (χ0) is 11.4. The van der Waals surface area contributed by atoms with Gasteiger partial charge >= 0.3 is 6.61 Å². The fraction of sp³-hybridized carbons (Fsp3) is 0.364. The van der Waals surface area contributed by atoms with Crippen molar-refractivity contribution in [3.8, 4) is 5.75 Å². The van der Waals surface area contributed by atoms with E-state index < -0.39 is 6.61 Å². The SMILES string of the molecule is CC(=O)Cc1ccc(OC(F)F)c(C)c1. The molecule has 1 aromatic carbocycles. The minimum Gasteiger partial charge on any atom is -0.435 e. The number of aryl methyl sites for hydroxylation is 1. The van der Waals surface area contributed by atoms with Crippen molar-refractivity contribution in [3.05, 3.63) is 29.3 Å². The van der Waals surface area contributed by atoms with Gasteiger partial charge in [-0.2, -0.15) is 8.78 Å². The summed E-state index contributed by atoms with van der Waals surface area (Å²) in [5.74, 6) is 0.189. The average molecular weight is 214 g/mol. The molecular weight excluding hydrogens is 202 g/mol. The highest BCUT2D eigenvalue weighted by molar-refractivity contribution is 5.78. The molecule has 1 rings (SSSR count). The highest BCUT2D eigenvalue weighted by Crippen LogP contribution is 2.21. The second-order valence-corrected chi connectivity index (χ2v) is 3.36. The van der Waals surface area contributed by atoms with Crippen molar-refractivity contribution < 1.29 is 18.3 Å². The quantitative estimate of drug-likeness (QED) is 0.770. The van der Waals surface area contributed by atoms with E-state index in [0.717, 1.165) is 5.56 Å². The van der Waals surface area contributed by atoms with Crippen LogP contribution in [0, 0.1) is 6.92 Å². The molecule has 0 N–H and O–H groups in total. The largest absolute Gasteiger partial charge is 0.435 e. The van der Waals surface area contributed by atoms with Gasteiger partial charge in [-0.15, -0.1) is 0 Å². The Morgan fingerprint density at radius 1 is 1.47 bits per heavy atom. The van der Waals surface area contributed by atoms with Crippen LogP contribution in [-0.2, 0) is 11.2 Å². The molecule has 0 fully saturated rings. The van der Waals surface area contributed by atoms with E-state index in [2.05, 4.69) is 4.74 Å². The molecule has 4 heteroatoms. The number of ketones is 1. The van der Waals surface area contributed by atoms with Crippen LogP contribution in [0.15, 0.2) is 18.2 Å². The van der Waals surface area contributed by atoms with Gasteiger partial charge in [0, 0.05) is 6.42 Å². The zero-order valence-corrected chi connectivity index (χ0v) is 8.59. The Balaban J connectivity index is 2.83. The van der Waals surface area contributed by atoms with Crippen molar-refractivity contribution in [3.63, 3.8) is 0 Å². The van der Waals surface area contributed by atoms with Crippen molar-refractivity contribution in [1.29, 1.82) is 0 Å². The first kappa shape index (κ1) is 11.6. The highest BCUT2D eigenvalue weighted by atomic mass is 19.3. The van der Waals surface area contributed by atoms with Crippen LogP contribution in [0.5, 0.6) is 5.75 Å². The second kappa shape index (κ2) is 4.87. The molecule has 0 aromatic heterocycles. The number of carbonyl (C=O) groups excluding carboxylic acids is 1. The maximum Gasteiger partial charge on any atom is 0.387 e. The summed E-state index contributed by atoms with van der Waals surface area (Å²) in [6.07, 6.45) is 0.315. The summed E-state index contributed by atoms with van der Waals surface area (Å²) in [6, 6.07) is 4.75. The van der Waals surface area contributed by atoms with Gasteiger partial charge < -0.3 is 4.74 Å². The van der Waals surface area contributed by atoms with Crippen molar-refractivity contribution in [2.24, 2.45) is 0 Å². The molecule has 0 saturated carbocycles. The third kappa shape index (κ3) is 3.65. The molecule has 1 aromatic rings. The number of ether oxygens (including phenoxy) is 1. The van der Waals surface area contributed by atoms with Crippen LogP contribution in [0.3, 0.4) is 0 Å². The number of Topliss-reactive ketones (excluding diaryl/α,β-unsaturated/α-hetero) is 1. The van der Waals surface area contributed by atoms with E-state index in [0.29, 0.717) is 12.0 Å². The molecule has 0 atom stereocenters. The lowest BCUT2D eigenvalue weighted by Crippen LogP contribution is -2.04. The van der Waals surface area contributed by atoms with Gasteiger partial charge in [0.2, 0.25) is 0 Å². The summed E-state index contributed by atoms with van der Waals surface area (Å²) in [4.78, 5) is 10.8. The molecule has 0 aliphatic carbocycles. The molecule has 82 valence electrons. The summed E-state index contributed by atoms with van der Waals surface area (Å²) >= 11 is 0. The van der Waals surface area contributed by atoms with E-state index in [1.165, 1.54) is 13.0 Å². The Labute approximate surface area is 86.9 Å². The smallest absolute Gasteiger partial charge is 0.387 e. The molecule has 0 saturated heterocycles. The molecule has 0 bridgehead atoms. The van der Waals surface area contributed by atoms with Crippen LogP contribution in [0.25, 0.3) is 0 Å². The summed E-state index contributed by atoms with van der Waals surface area (Å²) in [7, 11) is 0. The third-order valence-electron chi connectivity index (χ3n) is 1.91. The maximum absolute atomic E-state index is 11.9. The molecule has 0 unspecified atom stereocenters. The summed E-state index contributed by atoms with van der Waals surface area (Å²) in [5.41, 5.74) is 1.41. The van der Waals surface area contributed by atoms with Gasteiger partial charge in [0.15, 0.2) is 0 Å². The van der Waals surface area contributed by atoms with Gasteiger partial charge in [0.25, 0.3) is 0 Å². The Morgan fingerprint density at radius 3 is 2.60 bits per heavy atom. The maximum atomic E-state index is 11.9. The van der Waals surface area contributed by atoms with Gasteiger partial charge in [-0.25, -0.2) is 0 Å². The number of halogens is 2. The number of hydrogen-bond acceptors (Lipinski definition) is 2. The van der Waals surface area contributed by atoms with E-state index in [1.807, 2.05) is 0 Å². The normalized spacial score (nSPS) is 10.5. The monoisotopic (exact) mass is 214 g/mol. The number of benzene rings is 1. The van der Waals surface area contributed by atoms with Crippen LogP contribution >= 0.6 is 0 Å². The van der Waals surface area contributed by atoms with Crippen LogP contribution in [-0.4, -0.2) is 12.4 Å². The average Bonchev–Trinajstić information content (AvgIpc) is 2.08. The van der Waals surface area contributed by atoms with Crippen LogP contribution in [0.2, 0.25) is 0 Å². The lowest BCUT2D eigenvalue weighted by Gasteiger charge is -2.08. The summed E-state index contributed by atoms with van der Waals surface area (Å²) < 4.78 is 28.2. The second-order valence-electron chi connectivity index (χ2n) is 3.36. The van der Waals surface area contributed by atoms with Crippen molar-refractivity contribution in [2.75, 3.05) is 0 Å². The molecule has 0 heterocycles. The summed E-state index contributed by atoms with van der Waals surface area (Å²) in [6.45, 7) is 0.336. The Kier molecular flexibility index (Phi) is 3.77.